The van der Waals surface area contributed by atoms with Crippen LogP contribution in [-0.4, -0.2) is 24.5 Å². The van der Waals surface area contributed by atoms with E-state index in [9.17, 15) is 4.39 Å². The first-order valence-electron chi connectivity index (χ1n) is 9.07. The number of rotatable bonds is 4. The highest BCUT2D eigenvalue weighted by molar-refractivity contribution is 8.00. The van der Waals surface area contributed by atoms with Crippen LogP contribution in [0.3, 0.4) is 0 Å². The second-order valence-electron chi connectivity index (χ2n) is 4.95. The van der Waals surface area contributed by atoms with Crippen molar-refractivity contribution >= 4 is 17.3 Å². The van der Waals surface area contributed by atoms with Crippen molar-refractivity contribution in [3.8, 4) is 18.1 Å². The monoisotopic (exact) mass is 392 g/mol. The van der Waals surface area contributed by atoms with E-state index < -0.39 is 0 Å². The molecule has 2 aliphatic rings. The van der Waals surface area contributed by atoms with E-state index in [4.69, 9.17) is 11.2 Å². The zero-order valence-electron chi connectivity index (χ0n) is 16.5. The Morgan fingerprint density at radius 2 is 2.00 bits per heavy atom. The Morgan fingerprint density at radius 3 is 2.63 bits per heavy atom. The molecule has 5 nitrogen and oxygen atoms in total. The zero-order valence-corrected chi connectivity index (χ0v) is 17.3. The normalized spacial score (nSPS) is 20.3. The summed E-state index contributed by atoms with van der Waals surface area (Å²) in [5.41, 5.74) is 8.53. The average Bonchev–Trinajstić information content (AvgIpc) is 3.19. The predicted molar refractivity (Wildman–Crippen MR) is 113 cm³/mol. The van der Waals surface area contributed by atoms with Gasteiger partial charge in [0.25, 0.3) is 0 Å². The molecule has 3 rings (SSSR count). The van der Waals surface area contributed by atoms with Gasteiger partial charge in [-0.15, -0.1) is 6.42 Å². The fourth-order valence-electron chi connectivity index (χ4n) is 2.44. The van der Waals surface area contributed by atoms with Crippen molar-refractivity contribution in [2.24, 2.45) is 0 Å². The Labute approximate surface area is 166 Å². The third-order valence-electron chi connectivity index (χ3n) is 3.51. The van der Waals surface area contributed by atoms with Gasteiger partial charge in [0.15, 0.2) is 0 Å². The maximum absolute atomic E-state index is 13.7. The van der Waals surface area contributed by atoms with Crippen LogP contribution in [0.15, 0.2) is 36.2 Å². The van der Waals surface area contributed by atoms with E-state index in [0.29, 0.717) is 12.3 Å². The van der Waals surface area contributed by atoms with Gasteiger partial charge in [0, 0.05) is 23.4 Å². The molecular formula is C20H29FN4OS. The largest absolute Gasteiger partial charge is 0.496 e. The molecule has 2 heterocycles. The molecule has 0 aromatic heterocycles. The Bertz CT molecular complexity index is 700. The molecule has 27 heavy (non-hydrogen) atoms. The van der Waals surface area contributed by atoms with Crippen molar-refractivity contribution in [3.05, 3.63) is 47.6 Å². The van der Waals surface area contributed by atoms with Crippen LogP contribution in [0.2, 0.25) is 0 Å². The van der Waals surface area contributed by atoms with Gasteiger partial charge in [-0.1, -0.05) is 45.4 Å². The molecule has 0 saturated carbocycles. The third kappa shape index (κ3) is 6.21. The molecule has 1 saturated heterocycles. The molecule has 2 unspecified atom stereocenters. The average molecular weight is 393 g/mol. The van der Waals surface area contributed by atoms with E-state index in [0.717, 1.165) is 16.8 Å². The van der Waals surface area contributed by atoms with Crippen molar-refractivity contribution in [1.82, 2.24) is 21.5 Å². The van der Waals surface area contributed by atoms with Crippen molar-refractivity contribution in [2.45, 2.75) is 38.6 Å². The second-order valence-corrected chi connectivity index (χ2v) is 6.16. The number of ether oxygens (including phenoxy) is 1. The predicted octanol–water partition coefficient (Wildman–Crippen LogP) is 3.39. The zero-order chi connectivity index (χ0) is 20.2. The van der Waals surface area contributed by atoms with Crippen LogP contribution in [0.5, 0.6) is 5.75 Å². The number of hydrazine groups is 1. The Morgan fingerprint density at radius 1 is 1.26 bits per heavy atom. The molecule has 2 aliphatic heterocycles. The van der Waals surface area contributed by atoms with E-state index in [-0.39, 0.29) is 16.7 Å². The molecule has 148 valence electrons. The quantitative estimate of drug-likeness (QED) is 0.590. The SMILES string of the molecule is C#CC1NNC(NC2=C(c3cc(F)ccc3OC)CNC=C2)S1.CC.CC. The van der Waals surface area contributed by atoms with Gasteiger partial charge in [0.2, 0.25) is 0 Å². The molecule has 1 aromatic rings. The van der Waals surface area contributed by atoms with E-state index in [1.54, 1.807) is 24.9 Å². The molecule has 0 spiro atoms. The highest BCUT2D eigenvalue weighted by Crippen LogP contribution is 2.30. The summed E-state index contributed by atoms with van der Waals surface area (Å²) in [5.74, 6) is 2.96. The van der Waals surface area contributed by atoms with Crippen LogP contribution in [0.25, 0.3) is 5.57 Å². The number of terminal acetylenes is 1. The summed E-state index contributed by atoms with van der Waals surface area (Å²) < 4.78 is 19.0. The Kier molecular flexibility index (Phi) is 10.4. The number of dihydropyridines is 1. The summed E-state index contributed by atoms with van der Waals surface area (Å²) in [6.45, 7) is 8.57. The Hall–Kier alpha value is -2.14. The van der Waals surface area contributed by atoms with Crippen LogP contribution in [0, 0.1) is 18.2 Å². The number of hydrogen-bond donors (Lipinski definition) is 4. The third-order valence-corrected chi connectivity index (χ3v) is 4.55. The number of halogens is 1. The summed E-state index contributed by atoms with van der Waals surface area (Å²) in [4.78, 5) is 0. The lowest BCUT2D eigenvalue weighted by molar-refractivity contribution is 0.412. The summed E-state index contributed by atoms with van der Waals surface area (Å²) in [6.07, 6.45) is 9.17. The topological polar surface area (TPSA) is 57.3 Å². The molecule has 0 aliphatic carbocycles. The fourth-order valence-corrected chi connectivity index (χ4v) is 3.26. The van der Waals surface area contributed by atoms with E-state index in [1.807, 2.05) is 40.0 Å². The van der Waals surface area contributed by atoms with Gasteiger partial charge < -0.3 is 15.4 Å². The lowest BCUT2D eigenvalue weighted by Gasteiger charge is -2.23. The smallest absolute Gasteiger partial charge is 0.140 e. The van der Waals surface area contributed by atoms with Crippen LogP contribution in [0.4, 0.5) is 4.39 Å². The minimum atomic E-state index is -0.301. The van der Waals surface area contributed by atoms with Gasteiger partial charge in [-0.2, -0.15) is 0 Å². The van der Waals surface area contributed by atoms with E-state index in [2.05, 4.69) is 27.4 Å². The lowest BCUT2D eigenvalue weighted by atomic mass is 10.0. The highest BCUT2D eigenvalue weighted by Gasteiger charge is 2.24. The highest BCUT2D eigenvalue weighted by atomic mass is 32.2. The number of methoxy groups -OCH3 is 1. The second kappa shape index (κ2) is 12.3. The summed E-state index contributed by atoms with van der Waals surface area (Å²) in [6, 6.07) is 4.50. The molecule has 0 amide bonds. The summed E-state index contributed by atoms with van der Waals surface area (Å²) >= 11 is 1.55. The Balaban J connectivity index is 0.000000855. The van der Waals surface area contributed by atoms with Crippen LogP contribution < -0.4 is 26.2 Å². The van der Waals surface area contributed by atoms with Crippen LogP contribution in [-0.2, 0) is 0 Å². The van der Waals surface area contributed by atoms with Crippen LogP contribution >= 0.6 is 11.8 Å². The fraction of sp³-hybridized carbons (Fsp3) is 0.400. The number of thioether (sulfide) groups is 1. The number of allylic oxidation sites excluding steroid dienone is 1. The van der Waals surface area contributed by atoms with Gasteiger partial charge >= 0.3 is 0 Å². The molecule has 1 fully saturated rings. The van der Waals surface area contributed by atoms with Crippen molar-refractivity contribution < 1.29 is 9.13 Å². The van der Waals surface area contributed by atoms with E-state index >= 15 is 0 Å². The number of nitrogens with one attached hydrogen (secondary N) is 4. The molecule has 2 atom stereocenters. The standard InChI is InChI=1S/C16H17FN4OS.2C2H6/c1-3-15-20-21-16(23-15)19-13-6-7-18-9-12(13)11-8-10(17)4-5-14(11)22-2;2*1-2/h1,4-8,15-16,18-21H,9H2,2H3;2*1-2H3. The van der Waals surface area contributed by atoms with Gasteiger partial charge in [0.1, 0.15) is 22.4 Å². The minimum Gasteiger partial charge on any atom is -0.496 e. The first-order valence-corrected chi connectivity index (χ1v) is 10.0. The molecule has 7 heteroatoms. The minimum absolute atomic E-state index is 0.0802. The van der Waals surface area contributed by atoms with Crippen molar-refractivity contribution in [2.75, 3.05) is 13.7 Å². The molecule has 4 N–H and O–H groups in total. The summed E-state index contributed by atoms with van der Waals surface area (Å²) in [5, 5.41) is 6.43. The first-order chi connectivity index (χ1) is 13.2. The van der Waals surface area contributed by atoms with Gasteiger partial charge in [0.05, 0.1) is 7.11 Å². The lowest BCUT2D eigenvalue weighted by Crippen LogP contribution is -2.41. The van der Waals surface area contributed by atoms with Crippen LogP contribution in [0.1, 0.15) is 33.3 Å². The number of hydrogen-bond acceptors (Lipinski definition) is 6. The number of benzene rings is 1. The van der Waals surface area contributed by atoms with Gasteiger partial charge in [-0.25, -0.2) is 15.2 Å². The van der Waals surface area contributed by atoms with Crippen molar-refractivity contribution in [1.29, 1.82) is 0 Å². The maximum Gasteiger partial charge on any atom is 0.140 e. The first kappa shape index (κ1) is 22.9. The molecule has 1 aromatic carbocycles. The van der Waals surface area contributed by atoms with E-state index in [1.165, 1.54) is 12.1 Å². The molecular weight excluding hydrogens is 363 g/mol. The van der Waals surface area contributed by atoms with Crippen molar-refractivity contribution in [3.63, 3.8) is 0 Å². The maximum atomic E-state index is 13.7. The van der Waals surface area contributed by atoms with Gasteiger partial charge in [-0.05, 0) is 30.5 Å². The molecule has 0 radical (unpaired) electrons. The molecule has 0 bridgehead atoms. The van der Waals surface area contributed by atoms with Gasteiger partial charge in [-0.3, -0.25) is 0 Å². The summed E-state index contributed by atoms with van der Waals surface area (Å²) in [7, 11) is 1.58.